The van der Waals surface area contributed by atoms with Gasteiger partial charge in [0, 0.05) is 23.7 Å². The van der Waals surface area contributed by atoms with Crippen molar-refractivity contribution in [1.82, 2.24) is 9.88 Å². The van der Waals surface area contributed by atoms with Crippen molar-refractivity contribution in [3.63, 3.8) is 0 Å². The molecule has 4 rings (SSSR count). The summed E-state index contributed by atoms with van der Waals surface area (Å²) in [4.78, 5) is 31.0. The first-order valence-corrected chi connectivity index (χ1v) is 12.0. The van der Waals surface area contributed by atoms with Gasteiger partial charge in [-0.3, -0.25) is 14.7 Å². The molecule has 0 aliphatic carbocycles. The van der Waals surface area contributed by atoms with Crippen molar-refractivity contribution in [2.75, 3.05) is 0 Å². The maximum absolute atomic E-state index is 12.9. The van der Waals surface area contributed by atoms with Crippen LogP contribution in [0.3, 0.4) is 0 Å². The third kappa shape index (κ3) is 5.88. The fourth-order valence-electron chi connectivity index (χ4n) is 4.87. The Balaban J connectivity index is 1.52. The smallest absolute Gasteiger partial charge is 0.408 e. The van der Waals surface area contributed by atoms with Crippen LogP contribution in [0.1, 0.15) is 38.3 Å². The Kier molecular flexibility index (Phi) is 7.20. The van der Waals surface area contributed by atoms with Crippen LogP contribution in [-0.2, 0) is 22.4 Å². The quantitative estimate of drug-likeness (QED) is 0.452. The van der Waals surface area contributed by atoms with Gasteiger partial charge in [-0.2, -0.15) is 0 Å². The number of benzene rings is 2. The van der Waals surface area contributed by atoms with Gasteiger partial charge < -0.3 is 9.84 Å². The number of rotatable bonds is 7. The lowest BCUT2D eigenvalue weighted by Crippen LogP contribution is -2.56. The van der Waals surface area contributed by atoms with E-state index in [0.717, 1.165) is 22.4 Å². The van der Waals surface area contributed by atoms with Crippen molar-refractivity contribution in [2.24, 2.45) is 5.92 Å². The number of esters is 1. The largest absolute Gasteiger partial charge is 0.465 e. The molecule has 0 radical (unpaired) electrons. The predicted octanol–water partition coefficient (Wildman–Crippen LogP) is 5.61. The molecule has 2 aromatic carbocycles. The highest BCUT2D eigenvalue weighted by atomic mass is 16.6. The van der Waals surface area contributed by atoms with Crippen molar-refractivity contribution in [3.05, 3.63) is 90.1 Å². The summed E-state index contributed by atoms with van der Waals surface area (Å²) in [5, 5.41) is 10.1. The Bertz CT molecular complexity index is 1140. The van der Waals surface area contributed by atoms with Gasteiger partial charge in [-0.05, 0) is 56.9 Å². The van der Waals surface area contributed by atoms with Crippen molar-refractivity contribution in [3.8, 4) is 11.3 Å². The SMILES string of the molecule is CC(C)(C)N(C(=O)O)[C@@H](Cc1ccccc1)[C@H]1CC(Cc2ccc(-c3ccccn3)cc2)C(=O)O1. The number of hydrogen-bond acceptors (Lipinski definition) is 4. The number of ether oxygens (including phenoxy) is 1. The van der Waals surface area contributed by atoms with E-state index in [0.29, 0.717) is 19.3 Å². The zero-order chi connectivity index (χ0) is 25.0. The van der Waals surface area contributed by atoms with Gasteiger partial charge in [0.15, 0.2) is 0 Å². The molecule has 1 fully saturated rings. The summed E-state index contributed by atoms with van der Waals surface area (Å²) in [7, 11) is 0. The first-order valence-electron chi connectivity index (χ1n) is 12.0. The normalized spacial score (nSPS) is 18.7. The number of cyclic esters (lactones) is 1. The Labute approximate surface area is 206 Å². The number of nitrogens with zero attached hydrogens (tertiary/aromatic N) is 2. The van der Waals surface area contributed by atoms with Gasteiger partial charge in [0.05, 0.1) is 17.7 Å². The molecule has 182 valence electrons. The Morgan fingerprint density at radius 2 is 1.71 bits per heavy atom. The fraction of sp³-hybridized carbons (Fsp3) is 0.345. The molecule has 1 N–H and O–H groups in total. The van der Waals surface area contributed by atoms with E-state index in [1.807, 2.05) is 93.6 Å². The number of pyridine rings is 1. The molecule has 6 nitrogen and oxygen atoms in total. The molecule has 1 unspecified atom stereocenters. The molecular formula is C29H32N2O4. The lowest BCUT2D eigenvalue weighted by molar-refractivity contribution is -0.147. The molecule has 1 saturated heterocycles. The average Bonchev–Trinajstić information content (AvgIpc) is 3.19. The molecule has 3 aromatic rings. The Morgan fingerprint density at radius 1 is 1.03 bits per heavy atom. The third-order valence-electron chi connectivity index (χ3n) is 6.49. The molecule has 0 saturated carbocycles. The molecule has 1 amide bonds. The van der Waals surface area contributed by atoms with Crippen LogP contribution in [-0.4, -0.2) is 44.7 Å². The zero-order valence-electron chi connectivity index (χ0n) is 20.4. The summed E-state index contributed by atoms with van der Waals surface area (Å²) in [6.07, 6.45) is 1.77. The molecule has 1 aliphatic rings. The second-order valence-corrected chi connectivity index (χ2v) is 10.1. The second kappa shape index (κ2) is 10.3. The molecule has 0 bridgehead atoms. The number of carboxylic acid groups (broad SMARTS) is 1. The molecule has 0 spiro atoms. The number of carbonyl (C=O) groups excluding carboxylic acids is 1. The predicted molar refractivity (Wildman–Crippen MR) is 135 cm³/mol. The first kappa shape index (κ1) is 24.5. The molecule has 35 heavy (non-hydrogen) atoms. The van der Waals surface area contributed by atoms with E-state index < -0.39 is 23.8 Å². The molecule has 6 heteroatoms. The highest BCUT2D eigenvalue weighted by Gasteiger charge is 2.45. The zero-order valence-corrected chi connectivity index (χ0v) is 20.4. The number of carbonyl (C=O) groups is 2. The van der Waals surface area contributed by atoms with E-state index in [2.05, 4.69) is 4.98 Å². The molecular weight excluding hydrogens is 440 g/mol. The summed E-state index contributed by atoms with van der Waals surface area (Å²) < 4.78 is 5.85. The summed E-state index contributed by atoms with van der Waals surface area (Å²) in [6, 6.07) is 23.2. The minimum absolute atomic E-state index is 0.263. The van der Waals surface area contributed by atoms with E-state index in [1.165, 1.54) is 4.90 Å². The van der Waals surface area contributed by atoms with Crippen LogP contribution >= 0.6 is 0 Å². The lowest BCUT2D eigenvalue weighted by atomic mass is 9.89. The standard InChI is InChI=1S/C29H32N2O4/c1-29(2,3)31(28(33)34)25(18-20-9-5-4-6-10-20)26-19-23(27(32)35-26)17-21-12-14-22(15-13-21)24-11-7-8-16-30-24/h4-16,23,25-26H,17-19H2,1-3H3,(H,33,34)/t23?,25-,26+/m0/s1. The van der Waals surface area contributed by atoms with Gasteiger partial charge in [-0.15, -0.1) is 0 Å². The van der Waals surface area contributed by atoms with Gasteiger partial charge in [0.25, 0.3) is 0 Å². The molecule has 2 heterocycles. The lowest BCUT2D eigenvalue weighted by Gasteiger charge is -2.41. The van der Waals surface area contributed by atoms with Crippen molar-refractivity contribution >= 4 is 12.1 Å². The highest BCUT2D eigenvalue weighted by molar-refractivity contribution is 5.75. The van der Waals surface area contributed by atoms with Gasteiger partial charge >= 0.3 is 12.1 Å². The van der Waals surface area contributed by atoms with Crippen LogP contribution in [0.15, 0.2) is 79.0 Å². The van der Waals surface area contributed by atoms with Crippen molar-refractivity contribution in [1.29, 1.82) is 0 Å². The topological polar surface area (TPSA) is 79.7 Å². The van der Waals surface area contributed by atoms with E-state index in [9.17, 15) is 14.7 Å². The first-order chi connectivity index (χ1) is 16.7. The highest BCUT2D eigenvalue weighted by Crippen LogP contribution is 2.33. The summed E-state index contributed by atoms with van der Waals surface area (Å²) in [6.45, 7) is 5.61. The fourth-order valence-corrected chi connectivity index (χ4v) is 4.87. The van der Waals surface area contributed by atoms with Crippen LogP contribution in [0.2, 0.25) is 0 Å². The molecule has 1 aromatic heterocycles. The summed E-state index contributed by atoms with van der Waals surface area (Å²) >= 11 is 0. The minimum atomic E-state index is -1.01. The Morgan fingerprint density at radius 3 is 2.31 bits per heavy atom. The van der Waals surface area contributed by atoms with Crippen LogP contribution < -0.4 is 0 Å². The van der Waals surface area contributed by atoms with E-state index >= 15 is 0 Å². The van der Waals surface area contributed by atoms with Crippen LogP contribution in [0.25, 0.3) is 11.3 Å². The van der Waals surface area contributed by atoms with Crippen LogP contribution in [0, 0.1) is 5.92 Å². The second-order valence-electron chi connectivity index (χ2n) is 10.1. The van der Waals surface area contributed by atoms with Gasteiger partial charge in [0.2, 0.25) is 0 Å². The van der Waals surface area contributed by atoms with E-state index in [1.54, 1.807) is 6.20 Å². The average molecular weight is 473 g/mol. The van der Waals surface area contributed by atoms with Crippen LogP contribution in [0.5, 0.6) is 0 Å². The monoisotopic (exact) mass is 472 g/mol. The van der Waals surface area contributed by atoms with E-state index in [4.69, 9.17) is 4.74 Å². The van der Waals surface area contributed by atoms with E-state index in [-0.39, 0.29) is 11.9 Å². The number of aromatic nitrogens is 1. The van der Waals surface area contributed by atoms with Gasteiger partial charge in [-0.1, -0.05) is 60.7 Å². The molecule has 1 aliphatic heterocycles. The maximum atomic E-state index is 12.9. The third-order valence-corrected chi connectivity index (χ3v) is 6.49. The van der Waals surface area contributed by atoms with Crippen LogP contribution in [0.4, 0.5) is 4.79 Å². The van der Waals surface area contributed by atoms with Gasteiger partial charge in [0.1, 0.15) is 6.10 Å². The van der Waals surface area contributed by atoms with Gasteiger partial charge in [-0.25, -0.2) is 4.79 Å². The number of amides is 1. The summed E-state index contributed by atoms with van der Waals surface area (Å²) in [5.41, 5.74) is 3.33. The minimum Gasteiger partial charge on any atom is -0.465 e. The summed E-state index contributed by atoms with van der Waals surface area (Å²) in [5.74, 6) is -0.573. The van der Waals surface area contributed by atoms with Crippen molar-refractivity contribution < 1.29 is 19.4 Å². The van der Waals surface area contributed by atoms with Crippen molar-refractivity contribution in [2.45, 2.75) is 57.7 Å². The Hall–Kier alpha value is -3.67. The number of hydrogen-bond donors (Lipinski definition) is 1. The maximum Gasteiger partial charge on any atom is 0.408 e. The molecule has 3 atom stereocenters.